The molecule has 8 heteroatoms. The summed E-state index contributed by atoms with van der Waals surface area (Å²) in [5.74, 6) is 0.627. The molecule has 1 saturated heterocycles. The summed E-state index contributed by atoms with van der Waals surface area (Å²) in [6.07, 6.45) is 1.82. The van der Waals surface area contributed by atoms with Gasteiger partial charge in [-0.05, 0) is 106 Å². The second kappa shape index (κ2) is 11.3. The van der Waals surface area contributed by atoms with Crippen LogP contribution in [0.2, 0.25) is 5.02 Å². The quantitative estimate of drug-likeness (QED) is 0.231. The van der Waals surface area contributed by atoms with Crippen molar-refractivity contribution < 1.29 is 4.74 Å². The van der Waals surface area contributed by atoms with E-state index in [1.54, 1.807) is 7.11 Å². The van der Waals surface area contributed by atoms with E-state index in [0.29, 0.717) is 15.9 Å². The Hall–Kier alpha value is -3.55. The van der Waals surface area contributed by atoms with Gasteiger partial charge < -0.3 is 24.4 Å². The van der Waals surface area contributed by atoms with Crippen LogP contribution in [0.3, 0.4) is 0 Å². The minimum Gasteiger partial charge on any atom is -0.495 e. The van der Waals surface area contributed by atoms with Crippen molar-refractivity contribution in [2.24, 2.45) is 0 Å². The van der Waals surface area contributed by atoms with Gasteiger partial charge >= 0.3 is 0 Å². The van der Waals surface area contributed by atoms with E-state index >= 15 is 0 Å². The lowest BCUT2D eigenvalue weighted by Gasteiger charge is -2.28. The number of pyridine rings is 1. The molecule has 6 nitrogen and oxygen atoms in total. The predicted octanol–water partition coefficient (Wildman–Crippen LogP) is 7.17. The summed E-state index contributed by atoms with van der Waals surface area (Å²) in [4.78, 5) is 9.20. The molecule has 3 heterocycles. The highest BCUT2D eigenvalue weighted by Crippen LogP contribution is 2.45. The Morgan fingerprint density at radius 3 is 2.33 bits per heavy atom. The number of anilines is 2. The Morgan fingerprint density at radius 1 is 1.00 bits per heavy atom. The number of ether oxygens (including phenoxy) is 1. The van der Waals surface area contributed by atoms with Gasteiger partial charge in [-0.2, -0.15) is 0 Å². The van der Waals surface area contributed by atoms with Crippen molar-refractivity contribution in [2.45, 2.75) is 39.8 Å². The fourth-order valence-electron chi connectivity index (χ4n) is 5.64. The summed E-state index contributed by atoms with van der Waals surface area (Å²) in [7, 11) is 1.62. The van der Waals surface area contributed by atoms with E-state index in [1.807, 2.05) is 42.6 Å². The Labute approximate surface area is 241 Å². The van der Waals surface area contributed by atoms with E-state index in [9.17, 15) is 0 Å². The maximum atomic E-state index is 6.56. The molecule has 0 amide bonds. The highest BCUT2D eigenvalue weighted by atomic mass is 35.5. The van der Waals surface area contributed by atoms with Crippen LogP contribution in [0.25, 0.3) is 5.69 Å². The molecule has 1 aliphatic rings. The first-order chi connectivity index (χ1) is 18.9. The number of hydrogen-bond donors (Lipinski definition) is 1. The number of aromatic nitrogens is 2. The minimum atomic E-state index is -0.140. The highest BCUT2D eigenvalue weighted by Gasteiger charge is 2.42. The molecular formula is C31H34ClN5OS. The number of aryl methyl sites for hydroxylation is 1. The van der Waals surface area contributed by atoms with E-state index in [1.165, 1.54) is 11.3 Å². The second-order valence-electron chi connectivity index (χ2n) is 9.67. The van der Waals surface area contributed by atoms with Crippen LogP contribution < -0.4 is 19.9 Å². The Kier molecular flexibility index (Phi) is 7.82. The number of methoxy groups -OCH3 is 1. The van der Waals surface area contributed by atoms with E-state index in [-0.39, 0.29) is 12.1 Å². The molecule has 2 aromatic carbocycles. The number of rotatable bonds is 8. The number of halogens is 1. The van der Waals surface area contributed by atoms with Crippen LogP contribution >= 0.6 is 23.8 Å². The number of benzene rings is 2. The van der Waals surface area contributed by atoms with E-state index in [4.69, 9.17) is 33.5 Å². The molecule has 202 valence electrons. The van der Waals surface area contributed by atoms with Gasteiger partial charge in [0, 0.05) is 47.7 Å². The van der Waals surface area contributed by atoms with Crippen LogP contribution in [-0.4, -0.2) is 34.9 Å². The maximum Gasteiger partial charge on any atom is 0.174 e. The predicted molar refractivity (Wildman–Crippen MR) is 165 cm³/mol. The third-order valence-electron chi connectivity index (χ3n) is 7.54. The van der Waals surface area contributed by atoms with Crippen molar-refractivity contribution in [1.82, 2.24) is 14.9 Å². The molecule has 0 spiro atoms. The van der Waals surface area contributed by atoms with Gasteiger partial charge in [-0.25, -0.2) is 0 Å². The molecule has 0 radical (unpaired) electrons. The fraction of sp³-hybridized carbons (Fsp3) is 0.290. The monoisotopic (exact) mass is 559 g/mol. The summed E-state index contributed by atoms with van der Waals surface area (Å²) >= 11 is 12.5. The lowest BCUT2D eigenvalue weighted by molar-refractivity contribution is 0.415. The first-order valence-corrected chi connectivity index (χ1v) is 14.0. The topological polar surface area (TPSA) is 45.6 Å². The third kappa shape index (κ3) is 4.97. The van der Waals surface area contributed by atoms with Gasteiger partial charge in [-0.1, -0.05) is 17.7 Å². The van der Waals surface area contributed by atoms with Crippen molar-refractivity contribution in [3.63, 3.8) is 0 Å². The van der Waals surface area contributed by atoms with Crippen LogP contribution in [-0.2, 0) is 0 Å². The Morgan fingerprint density at radius 2 is 1.72 bits per heavy atom. The smallest absolute Gasteiger partial charge is 0.174 e. The normalized spacial score (nSPS) is 16.9. The van der Waals surface area contributed by atoms with Gasteiger partial charge in [-0.15, -0.1) is 0 Å². The Bertz CT molecular complexity index is 1470. The number of nitrogens with one attached hydrogen (secondary N) is 1. The van der Waals surface area contributed by atoms with Crippen LogP contribution in [0.4, 0.5) is 11.4 Å². The summed E-state index contributed by atoms with van der Waals surface area (Å²) in [5, 5.41) is 4.72. The molecule has 39 heavy (non-hydrogen) atoms. The summed E-state index contributed by atoms with van der Waals surface area (Å²) in [6, 6.07) is 22.6. The van der Waals surface area contributed by atoms with E-state index in [0.717, 1.165) is 41.5 Å². The molecule has 2 unspecified atom stereocenters. The highest BCUT2D eigenvalue weighted by molar-refractivity contribution is 7.80. The van der Waals surface area contributed by atoms with Gasteiger partial charge in [0.15, 0.2) is 5.11 Å². The molecule has 2 aromatic heterocycles. The van der Waals surface area contributed by atoms with Gasteiger partial charge in [-0.3, -0.25) is 4.98 Å². The number of thiocarbonyl (C=S) groups is 1. The zero-order chi connectivity index (χ0) is 27.7. The second-order valence-corrected chi connectivity index (χ2v) is 10.5. The first kappa shape index (κ1) is 27.0. The molecule has 5 rings (SSSR count). The number of hydrogen-bond acceptors (Lipinski definition) is 4. The molecule has 1 fully saturated rings. The summed E-state index contributed by atoms with van der Waals surface area (Å²) in [5.41, 5.74) is 7.68. The van der Waals surface area contributed by atoms with Gasteiger partial charge in [0.05, 0.1) is 29.9 Å². The van der Waals surface area contributed by atoms with Gasteiger partial charge in [0.1, 0.15) is 5.75 Å². The van der Waals surface area contributed by atoms with Crippen LogP contribution in [0.1, 0.15) is 48.6 Å². The van der Waals surface area contributed by atoms with Crippen molar-refractivity contribution in [2.75, 3.05) is 30.0 Å². The lowest BCUT2D eigenvalue weighted by Crippen LogP contribution is -2.29. The average Bonchev–Trinajstić information content (AvgIpc) is 3.45. The standard InChI is InChI=1S/C31H34ClN5OS/c1-6-35(7-2)22-11-13-23(14-12-22)36-20(3)18-25(21(36)4)30-29(27-10-8-9-17-33-27)34-31(39)37(30)24-15-16-28(38-5)26(32)19-24/h8-19,29-30H,6-7H2,1-5H3,(H,34,39). The first-order valence-electron chi connectivity index (χ1n) is 13.3. The lowest BCUT2D eigenvalue weighted by atomic mass is 9.96. The SMILES string of the molecule is CCN(CC)c1ccc(-n2c(C)cc(C3C(c4ccccn4)NC(=S)N3c3ccc(OC)c(Cl)c3)c2C)cc1. The van der Waals surface area contributed by atoms with Crippen molar-refractivity contribution in [1.29, 1.82) is 0 Å². The van der Waals surface area contributed by atoms with Crippen molar-refractivity contribution in [3.05, 3.63) is 101 Å². The fourth-order valence-corrected chi connectivity index (χ4v) is 6.24. The third-order valence-corrected chi connectivity index (χ3v) is 8.15. The number of nitrogens with zero attached hydrogens (tertiary/aromatic N) is 4. The van der Waals surface area contributed by atoms with E-state index in [2.05, 4.69) is 77.7 Å². The van der Waals surface area contributed by atoms with Crippen LogP contribution in [0, 0.1) is 13.8 Å². The molecule has 0 aliphatic carbocycles. The average molecular weight is 560 g/mol. The molecule has 1 N–H and O–H groups in total. The Balaban J connectivity index is 1.62. The minimum absolute atomic E-state index is 0.133. The summed E-state index contributed by atoms with van der Waals surface area (Å²) in [6.45, 7) is 10.7. The molecule has 2 atom stereocenters. The maximum absolute atomic E-state index is 6.56. The molecule has 0 saturated carbocycles. The van der Waals surface area contributed by atoms with Crippen LogP contribution in [0.5, 0.6) is 5.75 Å². The zero-order valence-electron chi connectivity index (χ0n) is 23.0. The summed E-state index contributed by atoms with van der Waals surface area (Å²) < 4.78 is 7.72. The molecule has 1 aliphatic heterocycles. The zero-order valence-corrected chi connectivity index (χ0v) is 24.6. The molecular weight excluding hydrogens is 526 g/mol. The van der Waals surface area contributed by atoms with Crippen molar-refractivity contribution in [3.8, 4) is 11.4 Å². The molecule has 4 aromatic rings. The largest absolute Gasteiger partial charge is 0.495 e. The van der Waals surface area contributed by atoms with Gasteiger partial charge in [0.2, 0.25) is 0 Å². The van der Waals surface area contributed by atoms with E-state index < -0.39 is 0 Å². The van der Waals surface area contributed by atoms with Crippen LogP contribution in [0.15, 0.2) is 72.9 Å². The van der Waals surface area contributed by atoms with Crippen molar-refractivity contribution >= 4 is 40.3 Å². The van der Waals surface area contributed by atoms with Gasteiger partial charge in [0.25, 0.3) is 0 Å². The molecule has 0 bridgehead atoms.